The molecular formula is C17H25ClN4O2. The summed E-state index contributed by atoms with van der Waals surface area (Å²) in [5, 5.41) is 4.09. The van der Waals surface area contributed by atoms with E-state index in [1.807, 2.05) is 43.1 Å². The molecule has 0 aliphatic rings. The van der Waals surface area contributed by atoms with E-state index >= 15 is 0 Å². The maximum atomic E-state index is 6.03. The summed E-state index contributed by atoms with van der Waals surface area (Å²) < 4.78 is 12.8. The standard InChI is InChI=1S/C17H25ClN4O2/c1-19-17(22(3)12-15-10-14(18)11-21(15)2)20-7-5-8-23-13-16-6-4-9-24-16/h4,6,9-11H,5,7-8,12-13H2,1-3H3,(H,19,20). The normalized spacial score (nSPS) is 11.8. The molecular weight excluding hydrogens is 328 g/mol. The quantitative estimate of drug-likeness (QED) is 0.451. The average Bonchev–Trinajstić information content (AvgIpc) is 3.16. The molecule has 0 amide bonds. The number of aromatic nitrogens is 1. The van der Waals surface area contributed by atoms with Gasteiger partial charge in [-0.3, -0.25) is 4.99 Å². The highest BCUT2D eigenvalue weighted by atomic mass is 35.5. The van der Waals surface area contributed by atoms with Gasteiger partial charge in [0.1, 0.15) is 12.4 Å². The molecule has 0 atom stereocenters. The highest BCUT2D eigenvalue weighted by Crippen LogP contribution is 2.14. The molecule has 0 aliphatic heterocycles. The Bertz CT molecular complexity index is 637. The molecule has 6 nitrogen and oxygen atoms in total. The van der Waals surface area contributed by atoms with Crippen LogP contribution in [0, 0.1) is 0 Å². The first-order valence-corrected chi connectivity index (χ1v) is 8.30. The van der Waals surface area contributed by atoms with Crippen molar-refractivity contribution in [2.75, 3.05) is 27.2 Å². The van der Waals surface area contributed by atoms with Crippen LogP contribution in [-0.2, 0) is 24.9 Å². The maximum absolute atomic E-state index is 6.03. The van der Waals surface area contributed by atoms with Crippen molar-refractivity contribution in [2.45, 2.75) is 19.6 Å². The third-order valence-corrected chi connectivity index (χ3v) is 3.83. The lowest BCUT2D eigenvalue weighted by Gasteiger charge is -2.22. The second-order valence-corrected chi connectivity index (χ2v) is 6.01. The van der Waals surface area contributed by atoms with Crippen LogP contribution < -0.4 is 5.32 Å². The van der Waals surface area contributed by atoms with Crippen molar-refractivity contribution in [3.05, 3.63) is 47.1 Å². The van der Waals surface area contributed by atoms with Crippen LogP contribution in [0.1, 0.15) is 17.9 Å². The Morgan fingerprint density at radius 2 is 2.33 bits per heavy atom. The Hall–Kier alpha value is -1.92. The monoisotopic (exact) mass is 352 g/mol. The van der Waals surface area contributed by atoms with E-state index in [-0.39, 0.29) is 0 Å². The van der Waals surface area contributed by atoms with Gasteiger partial charge in [-0.15, -0.1) is 0 Å². The fraction of sp³-hybridized carbons (Fsp3) is 0.471. The van der Waals surface area contributed by atoms with E-state index < -0.39 is 0 Å². The van der Waals surface area contributed by atoms with E-state index in [9.17, 15) is 0 Å². The lowest BCUT2D eigenvalue weighted by Crippen LogP contribution is -2.39. The zero-order valence-corrected chi connectivity index (χ0v) is 15.2. The third kappa shape index (κ3) is 5.62. The van der Waals surface area contributed by atoms with Gasteiger partial charge >= 0.3 is 0 Å². The molecule has 2 aromatic rings. The number of nitrogens with zero attached hydrogens (tertiary/aromatic N) is 3. The fourth-order valence-electron chi connectivity index (χ4n) is 2.37. The first-order chi connectivity index (χ1) is 11.6. The summed E-state index contributed by atoms with van der Waals surface area (Å²) in [6.45, 7) is 2.71. The molecule has 2 aromatic heterocycles. The van der Waals surface area contributed by atoms with Gasteiger partial charge in [0.05, 0.1) is 17.8 Å². The van der Waals surface area contributed by atoms with Gasteiger partial charge in [0.2, 0.25) is 0 Å². The number of halogens is 1. The fourth-order valence-corrected chi connectivity index (χ4v) is 2.64. The number of furan rings is 1. The number of guanidine groups is 1. The van der Waals surface area contributed by atoms with Crippen molar-refractivity contribution < 1.29 is 9.15 Å². The third-order valence-electron chi connectivity index (χ3n) is 3.62. The number of ether oxygens (including phenoxy) is 1. The van der Waals surface area contributed by atoms with Gasteiger partial charge < -0.3 is 23.9 Å². The van der Waals surface area contributed by atoms with Gasteiger partial charge in [0.15, 0.2) is 5.96 Å². The second-order valence-electron chi connectivity index (χ2n) is 5.58. The lowest BCUT2D eigenvalue weighted by atomic mass is 10.4. The SMILES string of the molecule is CN=C(NCCCOCc1ccco1)N(C)Cc1cc(Cl)cn1C. The largest absolute Gasteiger partial charge is 0.467 e. The van der Waals surface area contributed by atoms with Gasteiger partial charge in [-0.05, 0) is 24.6 Å². The molecule has 0 unspecified atom stereocenters. The van der Waals surface area contributed by atoms with Gasteiger partial charge in [-0.2, -0.15) is 0 Å². The predicted octanol–water partition coefficient (Wildman–Crippen LogP) is 2.89. The topological polar surface area (TPSA) is 54.9 Å². The second kappa shape index (κ2) is 9.39. The molecule has 0 saturated carbocycles. The number of hydrogen-bond donors (Lipinski definition) is 1. The molecule has 2 heterocycles. The summed E-state index contributed by atoms with van der Waals surface area (Å²) in [6.07, 6.45) is 4.45. The molecule has 24 heavy (non-hydrogen) atoms. The first kappa shape index (κ1) is 18.4. The van der Waals surface area contributed by atoms with Crippen LogP contribution in [-0.4, -0.2) is 42.7 Å². The molecule has 2 rings (SSSR count). The van der Waals surface area contributed by atoms with Gasteiger partial charge in [0.25, 0.3) is 0 Å². The van der Waals surface area contributed by atoms with E-state index in [1.165, 1.54) is 0 Å². The Kier molecular flexibility index (Phi) is 7.21. The Morgan fingerprint density at radius 1 is 1.50 bits per heavy atom. The van der Waals surface area contributed by atoms with E-state index in [4.69, 9.17) is 20.8 Å². The summed E-state index contributed by atoms with van der Waals surface area (Å²) in [4.78, 5) is 6.38. The molecule has 1 N–H and O–H groups in total. The molecule has 132 valence electrons. The summed E-state index contributed by atoms with van der Waals surface area (Å²) in [5.41, 5.74) is 1.13. The van der Waals surface area contributed by atoms with Crippen LogP contribution >= 0.6 is 11.6 Å². The highest BCUT2D eigenvalue weighted by Gasteiger charge is 2.09. The summed E-state index contributed by atoms with van der Waals surface area (Å²) in [5.74, 6) is 1.69. The number of rotatable bonds is 8. The van der Waals surface area contributed by atoms with Crippen LogP contribution in [0.2, 0.25) is 5.02 Å². The Balaban J connectivity index is 1.67. The summed E-state index contributed by atoms with van der Waals surface area (Å²) >= 11 is 6.03. The van der Waals surface area contributed by atoms with Crippen LogP contribution in [0.3, 0.4) is 0 Å². The van der Waals surface area contributed by atoms with Gasteiger partial charge in [0, 0.05) is 46.2 Å². The van der Waals surface area contributed by atoms with Crippen molar-refractivity contribution in [1.29, 1.82) is 0 Å². The number of aliphatic imine (C=N–C) groups is 1. The molecule has 7 heteroatoms. The predicted molar refractivity (Wildman–Crippen MR) is 96.2 cm³/mol. The zero-order valence-electron chi connectivity index (χ0n) is 14.5. The summed E-state index contributed by atoms with van der Waals surface area (Å²) in [6, 6.07) is 5.73. The molecule has 0 saturated heterocycles. The molecule has 0 aromatic carbocycles. The minimum absolute atomic E-state index is 0.510. The molecule has 0 aliphatic carbocycles. The van der Waals surface area contributed by atoms with Crippen molar-refractivity contribution in [3.63, 3.8) is 0 Å². The summed E-state index contributed by atoms with van der Waals surface area (Å²) in [7, 11) is 5.77. The number of hydrogen-bond acceptors (Lipinski definition) is 3. The van der Waals surface area contributed by atoms with Crippen LogP contribution in [0.15, 0.2) is 40.1 Å². The number of nitrogens with one attached hydrogen (secondary N) is 1. The van der Waals surface area contributed by atoms with Crippen molar-refractivity contribution >= 4 is 17.6 Å². The molecule has 0 fully saturated rings. The van der Waals surface area contributed by atoms with Crippen LogP contribution in [0.4, 0.5) is 0 Å². The van der Waals surface area contributed by atoms with Gasteiger partial charge in [-0.25, -0.2) is 0 Å². The van der Waals surface area contributed by atoms with Crippen LogP contribution in [0.5, 0.6) is 0 Å². The average molecular weight is 353 g/mol. The minimum Gasteiger partial charge on any atom is -0.467 e. The Morgan fingerprint density at radius 3 is 2.96 bits per heavy atom. The van der Waals surface area contributed by atoms with E-state index in [1.54, 1.807) is 13.3 Å². The minimum atomic E-state index is 0.510. The van der Waals surface area contributed by atoms with Crippen molar-refractivity contribution in [1.82, 2.24) is 14.8 Å². The Labute approximate surface area is 148 Å². The first-order valence-electron chi connectivity index (χ1n) is 7.93. The molecule has 0 radical (unpaired) electrons. The zero-order chi connectivity index (χ0) is 17.4. The smallest absolute Gasteiger partial charge is 0.193 e. The highest BCUT2D eigenvalue weighted by molar-refractivity contribution is 6.30. The van der Waals surface area contributed by atoms with E-state index in [0.717, 1.165) is 41.9 Å². The maximum Gasteiger partial charge on any atom is 0.193 e. The van der Waals surface area contributed by atoms with Gasteiger partial charge in [-0.1, -0.05) is 11.6 Å². The van der Waals surface area contributed by atoms with Crippen molar-refractivity contribution in [3.8, 4) is 0 Å². The molecule has 0 spiro atoms. The number of aryl methyl sites for hydroxylation is 1. The molecule has 0 bridgehead atoms. The lowest BCUT2D eigenvalue weighted by molar-refractivity contribution is 0.104. The van der Waals surface area contributed by atoms with Crippen LogP contribution in [0.25, 0.3) is 0 Å². The van der Waals surface area contributed by atoms with E-state index in [0.29, 0.717) is 13.2 Å². The van der Waals surface area contributed by atoms with Crippen molar-refractivity contribution in [2.24, 2.45) is 12.0 Å². The van der Waals surface area contributed by atoms with E-state index in [2.05, 4.69) is 15.2 Å².